The molecular formula is C17H23FN2O2. The van der Waals surface area contributed by atoms with Gasteiger partial charge in [-0.25, -0.2) is 4.39 Å². The van der Waals surface area contributed by atoms with Crippen LogP contribution in [0.2, 0.25) is 0 Å². The molecule has 0 unspecified atom stereocenters. The van der Waals surface area contributed by atoms with Crippen LogP contribution in [0.3, 0.4) is 0 Å². The zero-order chi connectivity index (χ0) is 15.6. The first-order chi connectivity index (χ1) is 10.6. The average Bonchev–Trinajstić information content (AvgIpc) is 2.90. The number of rotatable bonds is 3. The summed E-state index contributed by atoms with van der Waals surface area (Å²) in [6.07, 6.45) is 3.84. The van der Waals surface area contributed by atoms with Crippen LogP contribution in [0.4, 0.5) is 4.39 Å². The zero-order valence-corrected chi connectivity index (χ0v) is 12.8. The molecule has 0 aliphatic carbocycles. The number of hydrogen-bond acceptors (Lipinski definition) is 3. The standard InChI is InChI=1S/C17H23FN2O2/c18-14-3-1-2-13(8-14)9-15-10-17(12-22-15)4-6-20(7-5-17)16(21)11-19/h1-3,8,15H,4-7,9-12,19H2/t15-/m0/s1. The smallest absolute Gasteiger partial charge is 0.236 e. The number of amides is 1. The molecule has 2 fully saturated rings. The zero-order valence-electron chi connectivity index (χ0n) is 12.8. The first-order valence-electron chi connectivity index (χ1n) is 7.94. The Bertz CT molecular complexity index is 541. The molecule has 0 radical (unpaired) electrons. The lowest BCUT2D eigenvalue weighted by Crippen LogP contribution is -2.45. The van der Waals surface area contributed by atoms with Crippen LogP contribution in [0.15, 0.2) is 24.3 Å². The van der Waals surface area contributed by atoms with Gasteiger partial charge in [0.2, 0.25) is 5.91 Å². The number of nitrogens with zero attached hydrogens (tertiary/aromatic N) is 1. The van der Waals surface area contributed by atoms with E-state index in [2.05, 4.69) is 0 Å². The van der Waals surface area contributed by atoms with Gasteiger partial charge in [0.15, 0.2) is 0 Å². The fourth-order valence-corrected chi connectivity index (χ4v) is 3.66. The summed E-state index contributed by atoms with van der Waals surface area (Å²) in [5, 5.41) is 0. The minimum Gasteiger partial charge on any atom is -0.377 e. The van der Waals surface area contributed by atoms with E-state index in [0.717, 1.165) is 50.9 Å². The fourth-order valence-electron chi connectivity index (χ4n) is 3.66. The Morgan fingerprint density at radius 2 is 2.18 bits per heavy atom. The van der Waals surface area contributed by atoms with E-state index in [-0.39, 0.29) is 29.8 Å². The number of hydrogen-bond donors (Lipinski definition) is 1. The SMILES string of the molecule is NCC(=O)N1CCC2(CC1)CO[C@@H](Cc1cccc(F)c1)C2. The van der Waals surface area contributed by atoms with Gasteiger partial charge in [-0.2, -0.15) is 0 Å². The summed E-state index contributed by atoms with van der Waals surface area (Å²) in [5.41, 5.74) is 6.59. The molecule has 22 heavy (non-hydrogen) atoms. The third-order valence-electron chi connectivity index (χ3n) is 4.99. The van der Waals surface area contributed by atoms with E-state index in [1.807, 2.05) is 11.0 Å². The maximum atomic E-state index is 13.3. The quantitative estimate of drug-likeness (QED) is 0.925. The Balaban J connectivity index is 1.55. The predicted octanol–water partition coefficient (Wildman–Crippen LogP) is 1.72. The molecule has 1 atom stereocenters. The molecule has 2 aliphatic heterocycles. The van der Waals surface area contributed by atoms with Crippen LogP contribution in [-0.4, -0.2) is 43.2 Å². The summed E-state index contributed by atoms with van der Waals surface area (Å²) in [4.78, 5) is 13.5. The molecule has 1 aromatic rings. The van der Waals surface area contributed by atoms with Gasteiger partial charge in [0.1, 0.15) is 5.82 Å². The third-order valence-corrected chi connectivity index (χ3v) is 4.99. The number of nitrogens with two attached hydrogens (primary N) is 1. The van der Waals surface area contributed by atoms with E-state index in [4.69, 9.17) is 10.5 Å². The van der Waals surface area contributed by atoms with Crippen molar-refractivity contribution in [1.82, 2.24) is 4.90 Å². The van der Waals surface area contributed by atoms with E-state index in [1.165, 1.54) is 6.07 Å². The van der Waals surface area contributed by atoms with Crippen LogP contribution in [0, 0.1) is 11.2 Å². The first-order valence-corrected chi connectivity index (χ1v) is 7.94. The van der Waals surface area contributed by atoms with Crippen molar-refractivity contribution < 1.29 is 13.9 Å². The van der Waals surface area contributed by atoms with Crippen LogP contribution in [0.5, 0.6) is 0 Å². The number of carbonyl (C=O) groups excluding carboxylic acids is 1. The van der Waals surface area contributed by atoms with Gasteiger partial charge < -0.3 is 15.4 Å². The van der Waals surface area contributed by atoms with Gasteiger partial charge in [0.05, 0.1) is 19.3 Å². The maximum Gasteiger partial charge on any atom is 0.236 e. The molecule has 5 heteroatoms. The van der Waals surface area contributed by atoms with Crippen molar-refractivity contribution in [3.05, 3.63) is 35.6 Å². The first kappa shape index (κ1) is 15.4. The highest BCUT2D eigenvalue weighted by molar-refractivity contribution is 5.78. The molecule has 120 valence electrons. The summed E-state index contributed by atoms with van der Waals surface area (Å²) in [5.74, 6) is -0.163. The lowest BCUT2D eigenvalue weighted by Gasteiger charge is -2.38. The number of piperidine rings is 1. The number of halogens is 1. The van der Waals surface area contributed by atoms with E-state index in [1.54, 1.807) is 12.1 Å². The molecule has 1 aromatic carbocycles. The molecule has 0 aromatic heterocycles. The Kier molecular flexibility index (Phi) is 4.45. The van der Waals surface area contributed by atoms with Crippen molar-refractivity contribution >= 4 is 5.91 Å². The number of likely N-dealkylation sites (tertiary alicyclic amines) is 1. The Morgan fingerprint density at radius 1 is 1.41 bits per heavy atom. The molecule has 2 N–H and O–H groups in total. The van der Waals surface area contributed by atoms with Crippen LogP contribution in [-0.2, 0) is 16.0 Å². The molecule has 0 saturated carbocycles. The molecule has 2 heterocycles. The van der Waals surface area contributed by atoms with Gasteiger partial charge in [-0.3, -0.25) is 4.79 Å². The second kappa shape index (κ2) is 6.34. The van der Waals surface area contributed by atoms with Crippen molar-refractivity contribution in [1.29, 1.82) is 0 Å². The minimum absolute atomic E-state index is 0.0325. The molecule has 2 aliphatic rings. The Hall–Kier alpha value is -1.46. The highest BCUT2D eigenvalue weighted by Crippen LogP contribution is 2.42. The average molecular weight is 306 g/mol. The number of carbonyl (C=O) groups is 1. The Labute approximate surface area is 130 Å². The van der Waals surface area contributed by atoms with Gasteiger partial charge >= 0.3 is 0 Å². The van der Waals surface area contributed by atoms with Crippen LogP contribution >= 0.6 is 0 Å². The number of ether oxygens (including phenoxy) is 1. The molecule has 4 nitrogen and oxygen atoms in total. The normalized spacial score (nSPS) is 23.9. The van der Waals surface area contributed by atoms with Gasteiger partial charge in [0.25, 0.3) is 0 Å². The largest absolute Gasteiger partial charge is 0.377 e. The van der Waals surface area contributed by atoms with Crippen molar-refractivity contribution in [2.45, 2.75) is 31.8 Å². The lowest BCUT2D eigenvalue weighted by atomic mass is 9.76. The molecular weight excluding hydrogens is 283 g/mol. The second-order valence-electron chi connectivity index (χ2n) is 6.56. The van der Waals surface area contributed by atoms with E-state index >= 15 is 0 Å². The molecule has 1 amide bonds. The third kappa shape index (κ3) is 3.31. The van der Waals surface area contributed by atoms with Crippen molar-refractivity contribution in [2.75, 3.05) is 26.2 Å². The predicted molar refractivity (Wildman–Crippen MR) is 81.8 cm³/mol. The summed E-state index contributed by atoms with van der Waals surface area (Å²) >= 11 is 0. The summed E-state index contributed by atoms with van der Waals surface area (Å²) in [6, 6.07) is 6.73. The molecule has 3 rings (SSSR count). The van der Waals surface area contributed by atoms with Crippen molar-refractivity contribution in [3.63, 3.8) is 0 Å². The van der Waals surface area contributed by atoms with E-state index in [9.17, 15) is 9.18 Å². The van der Waals surface area contributed by atoms with Gasteiger partial charge in [-0.15, -0.1) is 0 Å². The molecule has 1 spiro atoms. The van der Waals surface area contributed by atoms with Gasteiger partial charge in [-0.1, -0.05) is 12.1 Å². The summed E-state index contributed by atoms with van der Waals surface area (Å²) in [7, 11) is 0. The van der Waals surface area contributed by atoms with Gasteiger partial charge in [-0.05, 0) is 48.8 Å². The van der Waals surface area contributed by atoms with Crippen LogP contribution in [0.25, 0.3) is 0 Å². The fraction of sp³-hybridized carbons (Fsp3) is 0.588. The van der Waals surface area contributed by atoms with Crippen LogP contribution < -0.4 is 5.73 Å². The second-order valence-corrected chi connectivity index (χ2v) is 6.56. The van der Waals surface area contributed by atoms with Crippen molar-refractivity contribution in [3.8, 4) is 0 Å². The summed E-state index contributed by atoms with van der Waals surface area (Å²) in [6.45, 7) is 2.38. The summed E-state index contributed by atoms with van der Waals surface area (Å²) < 4.78 is 19.2. The van der Waals surface area contributed by atoms with Crippen LogP contribution in [0.1, 0.15) is 24.8 Å². The Morgan fingerprint density at radius 3 is 2.86 bits per heavy atom. The van der Waals surface area contributed by atoms with Crippen molar-refractivity contribution in [2.24, 2.45) is 11.1 Å². The van der Waals surface area contributed by atoms with E-state index in [0.29, 0.717) is 0 Å². The van der Waals surface area contributed by atoms with E-state index < -0.39 is 0 Å². The topological polar surface area (TPSA) is 55.6 Å². The highest BCUT2D eigenvalue weighted by Gasteiger charge is 2.42. The highest BCUT2D eigenvalue weighted by atomic mass is 19.1. The van der Waals surface area contributed by atoms with Gasteiger partial charge in [0, 0.05) is 13.1 Å². The monoisotopic (exact) mass is 306 g/mol. The molecule has 0 bridgehead atoms. The molecule has 2 saturated heterocycles. The number of benzene rings is 1. The maximum absolute atomic E-state index is 13.3. The lowest BCUT2D eigenvalue weighted by molar-refractivity contribution is -0.132. The minimum atomic E-state index is -0.196.